The first kappa shape index (κ1) is 12.4. The summed E-state index contributed by atoms with van der Waals surface area (Å²) in [6.45, 7) is 5.44. The lowest BCUT2D eigenvalue weighted by molar-refractivity contribution is 0.314. The summed E-state index contributed by atoms with van der Waals surface area (Å²) in [5.74, 6) is 0. The van der Waals surface area contributed by atoms with Crippen molar-refractivity contribution in [2.24, 2.45) is 0 Å². The van der Waals surface area contributed by atoms with E-state index in [1.54, 1.807) is 0 Å². The van der Waals surface area contributed by atoms with Gasteiger partial charge in [0.2, 0.25) is 0 Å². The van der Waals surface area contributed by atoms with Crippen molar-refractivity contribution in [3.63, 3.8) is 0 Å². The van der Waals surface area contributed by atoms with Crippen molar-refractivity contribution in [1.82, 2.24) is 15.3 Å². The number of hydrogen-bond acceptors (Lipinski definition) is 2. The number of nitrogens with one attached hydrogen (secondary N) is 2. The van der Waals surface area contributed by atoms with Gasteiger partial charge in [0.1, 0.15) is 0 Å². The van der Waals surface area contributed by atoms with Crippen LogP contribution in [0.1, 0.15) is 35.9 Å². The number of rotatable bonds is 3. The van der Waals surface area contributed by atoms with Crippen LogP contribution in [0.5, 0.6) is 0 Å². The van der Waals surface area contributed by atoms with Crippen molar-refractivity contribution in [1.29, 1.82) is 0 Å². The van der Waals surface area contributed by atoms with E-state index in [0.717, 1.165) is 25.8 Å². The second-order valence-electron chi connectivity index (χ2n) is 5.73. The molecule has 1 aliphatic heterocycles. The quantitative estimate of drug-likeness (QED) is 0.885. The fraction of sp³-hybridized carbons (Fsp3) is 0.438. The molecule has 1 aromatic heterocycles. The fourth-order valence-electron chi connectivity index (χ4n) is 3.00. The molecule has 2 N–H and O–H groups in total. The molecule has 1 unspecified atom stereocenters. The van der Waals surface area contributed by atoms with Gasteiger partial charge < -0.3 is 10.3 Å². The highest BCUT2D eigenvalue weighted by Gasteiger charge is 2.33. The number of benzene rings is 1. The zero-order valence-electron chi connectivity index (χ0n) is 11.7. The number of aryl methyl sites for hydroxylation is 2. The van der Waals surface area contributed by atoms with Gasteiger partial charge in [-0.05, 0) is 32.3 Å². The Balaban J connectivity index is 1.77. The van der Waals surface area contributed by atoms with Gasteiger partial charge in [0.15, 0.2) is 0 Å². The Morgan fingerprint density at radius 1 is 1.37 bits per heavy atom. The molecule has 0 saturated carbocycles. The Hall–Kier alpha value is -1.61. The Kier molecular flexibility index (Phi) is 3.15. The SMILES string of the molecule is Cc1cccc(CCC2(C)NCCc3[nH]cnc32)c1. The standard InChI is InChI=1S/C16H21N3/c1-12-4-3-5-13(10-12)6-8-16(2)15-14(7-9-19-16)17-11-18-15/h3-5,10-11,19H,6-9H2,1-2H3,(H,17,18). The van der Waals surface area contributed by atoms with Gasteiger partial charge >= 0.3 is 0 Å². The van der Waals surface area contributed by atoms with Crippen molar-refractivity contribution >= 4 is 0 Å². The van der Waals surface area contributed by atoms with Gasteiger partial charge in [0.05, 0.1) is 17.6 Å². The summed E-state index contributed by atoms with van der Waals surface area (Å²) in [6, 6.07) is 8.78. The third-order valence-electron chi connectivity index (χ3n) is 4.13. The van der Waals surface area contributed by atoms with Crippen LogP contribution in [0.15, 0.2) is 30.6 Å². The first-order valence-corrected chi connectivity index (χ1v) is 7.01. The van der Waals surface area contributed by atoms with Crippen LogP contribution in [0.2, 0.25) is 0 Å². The summed E-state index contributed by atoms with van der Waals surface area (Å²) in [5.41, 5.74) is 5.24. The molecule has 0 spiro atoms. The van der Waals surface area contributed by atoms with Gasteiger partial charge in [0, 0.05) is 18.7 Å². The van der Waals surface area contributed by atoms with Crippen LogP contribution < -0.4 is 5.32 Å². The minimum atomic E-state index is -0.00265. The maximum atomic E-state index is 4.52. The van der Waals surface area contributed by atoms with Gasteiger partial charge in [-0.15, -0.1) is 0 Å². The zero-order valence-corrected chi connectivity index (χ0v) is 11.7. The minimum Gasteiger partial charge on any atom is -0.348 e. The molecular weight excluding hydrogens is 234 g/mol. The molecule has 3 nitrogen and oxygen atoms in total. The van der Waals surface area contributed by atoms with Crippen molar-refractivity contribution < 1.29 is 0 Å². The van der Waals surface area contributed by atoms with Crippen molar-refractivity contribution in [3.8, 4) is 0 Å². The smallest absolute Gasteiger partial charge is 0.0926 e. The molecule has 0 radical (unpaired) electrons. The molecule has 19 heavy (non-hydrogen) atoms. The van der Waals surface area contributed by atoms with Crippen LogP contribution in [0.4, 0.5) is 0 Å². The van der Waals surface area contributed by atoms with Crippen LogP contribution in [-0.4, -0.2) is 16.5 Å². The topological polar surface area (TPSA) is 40.7 Å². The molecule has 0 fully saturated rings. The van der Waals surface area contributed by atoms with Crippen LogP contribution >= 0.6 is 0 Å². The van der Waals surface area contributed by atoms with E-state index in [4.69, 9.17) is 0 Å². The van der Waals surface area contributed by atoms with E-state index in [0.29, 0.717) is 0 Å². The Bertz CT molecular complexity index is 573. The molecule has 0 amide bonds. The van der Waals surface area contributed by atoms with Gasteiger partial charge in [-0.3, -0.25) is 0 Å². The average Bonchev–Trinajstić information content (AvgIpc) is 2.87. The lowest BCUT2D eigenvalue weighted by atomic mass is 9.85. The lowest BCUT2D eigenvalue weighted by Crippen LogP contribution is -2.45. The summed E-state index contributed by atoms with van der Waals surface area (Å²) < 4.78 is 0. The monoisotopic (exact) mass is 255 g/mol. The van der Waals surface area contributed by atoms with Crippen LogP contribution in [0.25, 0.3) is 0 Å². The van der Waals surface area contributed by atoms with E-state index in [2.05, 4.69) is 53.4 Å². The van der Waals surface area contributed by atoms with E-state index >= 15 is 0 Å². The molecule has 2 heterocycles. The number of fused-ring (bicyclic) bond motifs is 1. The molecule has 2 aromatic rings. The van der Waals surface area contributed by atoms with Crippen LogP contribution in [0.3, 0.4) is 0 Å². The molecule has 1 atom stereocenters. The maximum Gasteiger partial charge on any atom is 0.0926 e. The van der Waals surface area contributed by atoms with Crippen LogP contribution in [0, 0.1) is 6.92 Å². The number of aromatic nitrogens is 2. The Morgan fingerprint density at radius 3 is 3.11 bits per heavy atom. The van der Waals surface area contributed by atoms with Gasteiger partial charge in [-0.25, -0.2) is 4.98 Å². The molecule has 3 heteroatoms. The average molecular weight is 255 g/mol. The lowest BCUT2D eigenvalue weighted by Gasteiger charge is -2.34. The van der Waals surface area contributed by atoms with Crippen molar-refractivity contribution in [3.05, 3.63) is 53.1 Å². The molecule has 0 aliphatic carbocycles. The minimum absolute atomic E-state index is 0.00265. The Labute approximate surface area is 114 Å². The predicted octanol–water partition coefficient (Wildman–Crippen LogP) is 2.71. The highest BCUT2D eigenvalue weighted by molar-refractivity contribution is 5.26. The van der Waals surface area contributed by atoms with E-state index in [-0.39, 0.29) is 5.54 Å². The second-order valence-corrected chi connectivity index (χ2v) is 5.73. The summed E-state index contributed by atoms with van der Waals surface area (Å²) in [5, 5.41) is 3.64. The molecule has 0 saturated heterocycles. The molecule has 3 rings (SSSR count). The fourth-order valence-corrected chi connectivity index (χ4v) is 3.00. The summed E-state index contributed by atoms with van der Waals surface area (Å²) in [7, 11) is 0. The first-order valence-electron chi connectivity index (χ1n) is 7.01. The second kappa shape index (κ2) is 4.82. The van der Waals surface area contributed by atoms with E-state index in [1.807, 2.05) is 6.33 Å². The highest BCUT2D eigenvalue weighted by atomic mass is 15.1. The number of nitrogens with zero attached hydrogens (tertiary/aromatic N) is 1. The maximum absolute atomic E-state index is 4.52. The summed E-state index contributed by atoms with van der Waals surface area (Å²) >= 11 is 0. The number of imidazole rings is 1. The summed E-state index contributed by atoms with van der Waals surface area (Å²) in [6.07, 6.45) is 5.03. The summed E-state index contributed by atoms with van der Waals surface area (Å²) in [4.78, 5) is 7.79. The first-order chi connectivity index (χ1) is 9.17. The molecule has 100 valence electrons. The van der Waals surface area contributed by atoms with Crippen LogP contribution in [-0.2, 0) is 18.4 Å². The largest absolute Gasteiger partial charge is 0.348 e. The molecule has 1 aliphatic rings. The Morgan fingerprint density at radius 2 is 2.26 bits per heavy atom. The number of H-pyrrole nitrogens is 1. The van der Waals surface area contributed by atoms with Gasteiger partial charge in [-0.2, -0.15) is 0 Å². The molecule has 1 aromatic carbocycles. The van der Waals surface area contributed by atoms with E-state index in [1.165, 1.54) is 22.5 Å². The van der Waals surface area contributed by atoms with E-state index in [9.17, 15) is 0 Å². The van der Waals surface area contributed by atoms with Crippen molar-refractivity contribution in [2.75, 3.05) is 6.54 Å². The normalized spacial score (nSPS) is 22.2. The van der Waals surface area contributed by atoms with Gasteiger partial charge in [-0.1, -0.05) is 29.8 Å². The highest BCUT2D eigenvalue weighted by Crippen LogP contribution is 2.30. The molecule has 0 bridgehead atoms. The molecular formula is C16H21N3. The number of hydrogen-bond donors (Lipinski definition) is 2. The zero-order chi connectivity index (χ0) is 13.3. The van der Waals surface area contributed by atoms with Gasteiger partial charge in [0.25, 0.3) is 0 Å². The predicted molar refractivity (Wildman–Crippen MR) is 77.1 cm³/mol. The third kappa shape index (κ3) is 2.43. The van der Waals surface area contributed by atoms with E-state index < -0.39 is 0 Å². The number of aromatic amines is 1. The van der Waals surface area contributed by atoms with Crippen molar-refractivity contribution in [2.45, 2.75) is 38.6 Å². The third-order valence-corrected chi connectivity index (χ3v) is 4.13.